The predicted molar refractivity (Wildman–Crippen MR) is 177 cm³/mol. The van der Waals surface area contributed by atoms with Crippen molar-refractivity contribution in [2.75, 3.05) is 0 Å². The molecular weight excluding hydrogens is 510 g/mol. The van der Waals surface area contributed by atoms with Gasteiger partial charge in [-0.1, -0.05) is 92.7 Å². The second kappa shape index (κ2) is 8.43. The average molecular weight is 540 g/mol. The van der Waals surface area contributed by atoms with Crippen LogP contribution in [0.15, 0.2) is 127 Å². The minimum absolute atomic E-state index is 0.148. The molecule has 0 saturated heterocycles. The van der Waals surface area contributed by atoms with Crippen LogP contribution in [0.25, 0.3) is 66.3 Å². The highest BCUT2D eigenvalue weighted by molar-refractivity contribution is 6.10. The Labute approximate surface area is 244 Å². The molecule has 1 aliphatic rings. The first-order chi connectivity index (χ1) is 20.6. The van der Waals surface area contributed by atoms with E-state index in [-0.39, 0.29) is 11.5 Å². The molecule has 3 heteroatoms. The minimum Gasteiger partial charge on any atom is -0.333 e. The van der Waals surface area contributed by atoms with Gasteiger partial charge in [0.15, 0.2) is 0 Å². The summed E-state index contributed by atoms with van der Waals surface area (Å²) in [6.07, 6.45) is 4.58. The second-order valence-corrected chi connectivity index (χ2v) is 12.1. The van der Waals surface area contributed by atoms with Crippen molar-refractivity contribution in [2.24, 2.45) is 0 Å². The number of pyridine rings is 1. The first kappa shape index (κ1) is 23.5. The van der Waals surface area contributed by atoms with Gasteiger partial charge in [0, 0.05) is 49.1 Å². The standard InChI is InChI=1S/C39H29N3/c1-39(2)31-24-25-23-26(41-34-15-7-3-11-27(34)28-12-4-8-16-35(28)41)19-20-32(25)40-33(31)21-22-38(39)42-36-17-9-5-13-29(36)30-14-6-10-18-37(30)42/h3-24,38H,1-2H3. The molecule has 1 atom stereocenters. The summed E-state index contributed by atoms with van der Waals surface area (Å²) in [7, 11) is 0. The summed E-state index contributed by atoms with van der Waals surface area (Å²) < 4.78 is 4.92. The molecule has 0 aliphatic heterocycles. The highest BCUT2D eigenvalue weighted by Gasteiger charge is 2.37. The normalized spacial score (nSPS) is 16.2. The predicted octanol–water partition coefficient (Wildman–Crippen LogP) is 9.99. The van der Waals surface area contributed by atoms with Crippen LogP contribution in [0.3, 0.4) is 0 Å². The summed E-state index contributed by atoms with van der Waals surface area (Å²) >= 11 is 0. The lowest BCUT2D eigenvalue weighted by atomic mass is 9.73. The SMILES string of the molecule is CC1(C)c2cc3cc(-n4c5ccccc5c5ccccc54)ccc3nc2C=CC1n1c2ccccc2c2ccccc21. The molecule has 9 rings (SSSR count). The van der Waals surface area contributed by atoms with E-state index in [4.69, 9.17) is 4.98 Å². The fourth-order valence-electron chi connectivity index (χ4n) is 7.41. The van der Waals surface area contributed by atoms with E-state index in [1.807, 2.05) is 0 Å². The number of aromatic nitrogens is 3. The van der Waals surface area contributed by atoms with Crippen LogP contribution in [0.2, 0.25) is 0 Å². The van der Waals surface area contributed by atoms with E-state index in [0.29, 0.717) is 0 Å². The molecule has 0 N–H and O–H groups in total. The average Bonchev–Trinajstić information content (AvgIpc) is 3.53. The Bertz CT molecular complexity index is 2290. The molecule has 200 valence electrons. The minimum atomic E-state index is -0.182. The van der Waals surface area contributed by atoms with E-state index in [1.165, 1.54) is 49.2 Å². The summed E-state index contributed by atoms with van der Waals surface area (Å²) in [5.74, 6) is 0. The molecule has 0 bridgehead atoms. The van der Waals surface area contributed by atoms with Crippen LogP contribution in [0.1, 0.15) is 31.1 Å². The van der Waals surface area contributed by atoms with Crippen LogP contribution < -0.4 is 0 Å². The van der Waals surface area contributed by atoms with Crippen LogP contribution in [0, 0.1) is 0 Å². The lowest BCUT2D eigenvalue weighted by molar-refractivity contribution is 0.384. The zero-order valence-corrected chi connectivity index (χ0v) is 23.6. The molecular formula is C39H29N3. The Hall–Kier alpha value is -5.15. The molecule has 1 unspecified atom stereocenters. The first-order valence-electron chi connectivity index (χ1n) is 14.7. The van der Waals surface area contributed by atoms with Gasteiger partial charge in [-0.15, -0.1) is 0 Å². The van der Waals surface area contributed by atoms with Crippen molar-refractivity contribution in [3.05, 3.63) is 139 Å². The maximum absolute atomic E-state index is 5.19. The van der Waals surface area contributed by atoms with Crippen molar-refractivity contribution < 1.29 is 0 Å². The maximum atomic E-state index is 5.19. The monoisotopic (exact) mass is 539 g/mol. The van der Waals surface area contributed by atoms with Gasteiger partial charge < -0.3 is 9.13 Å². The lowest BCUT2D eigenvalue weighted by Gasteiger charge is -2.38. The highest BCUT2D eigenvalue weighted by Crippen LogP contribution is 2.46. The van der Waals surface area contributed by atoms with Gasteiger partial charge in [-0.25, -0.2) is 4.98 Å². The van der Waals surface area contributed by atoms with Crippen LogP contribution in [0.4, 0.5) is 0 Å². The van der Waals surface area contributed by atoms with Crippen LogP contribution >= 0.6 is 0 Å². The number of rotatable bonds is 2. The number of hydrogen-bond donors (Lipinski definition) is 0. The van der Waals surface area contributed by atoms with Crippen molar-refractivity contribution in [3.8, 4) is 5.69 Å². The van der Waals surface area contributed by atoms with E-state index in [2.05, 4.69) is 156 Å². The molecule has 0 spiro atoms. The van der Waals surface area contributed by atoms with Gasteiger partial charge in [0.1, 0.15) is 0 Å². The second-order valence-electron chi connectivity index (χ2n) is 12.1. The molecule has 3 heterocycles. The molecule has 1 aliphatic carbocycles. The smallest absolute Gasteiger partial charge is 0.0711 e. The molecule has 0 saturated carbocycles. The van der Waals surface area contributed by atoms with Gasteiger partial charge in [-0.2, -0.15) is 0 Å². The van der Waals surface area contributed by atoms with E-state index in [9.17, 15) is 0 Å². The van der Waals surface area contributed by atoms with Gasteiger partial charge in [-0.3, -0.25) is 0 Å². The summed E-state index contributed by atoms with van der Waals surface area (Å²) in [6.45, 7) is 4.74. The number of benzene rings is 5. The Morgan fingerprint density at radius 3 is 1.71 bits per heavy atom. The van der Waals surface area contributed by atoms with Gasteiger partial charge in [0.25, 0.3) is 0 Å². The number of allylic oxidation sites excluding steroid dienone is 1. The van der Waals surface area contributed by atoms with E-state index in [1.54, 1.807) is 0 Å². The van der Waals surface area contributed by atoms with Crippen LogP contribution in [0.5, 0.6) is 0 Å². The van der Waals surface area contributed by atoms with Gasteiger partial charge in [-0.05, 0) is 60.2 Å². The van der Waals surface area contributed by atoms with Crippen molar-refractivity contribution >= 4 is 60.6 Å². The summed E-state index contributed by atoms with van der Waals surface area (Å²) in [4.78, 5) is 5.19. The van der Waals surface area contributed by atoms with Crippen LogP contribution in [-0.2, 0) is 5.41 Å². The zero-order chi connectivity index (χ0) is 28.0. The topological polar surface area (TPSA) is 22.8 Å². The molecule has 0 radical (unpaired) electrons. The molecule has 8 aromatic rings. The Morgan fingerprint density at radius 1 is 0.595 bits per heavy atom. The fraction of sp³-hybridized carbons (Fsp3) is 0.103. The first-order valence-corrected chi connectivity index (χ1v) is 14.7. The summed E-state index contributed by atoms with van der Waals surface area (Å²) in [6, 6.07) is 44.2. The van der Waals surface area contributed by atoms with Crippen molar-refractivity contribution in [1.29, 1.82) is 0 Å². The van der Waals surface area contributed by atoms with Crippen molar-refractivity contribution in [3.63, 3.8) is 0 Å². The number of para-hydroxylation sites is 4. The van der Waals surface area contributed by atoms with Crippen molar-refractivity contribution in [2.45, 2.75) is 25.3 Å². The Morgan fingerprint density at radius 2 is 1.12 bits per heavy atom. The van der Waals surface area contributed by atoms with Gasteiger partial charge in [0.05, 0.1) is 28.3 Å². The van der Waals surface area contributed by atoms with Crippen LogP contribution in [-0.4, -0.2) is 14.1 Å². The number of hydrogen-bond acceptors (Lipinski definition) is 1. The van der Waals surface area contributed by atoms with E-state index in [0.717, 1.165) is 22.3 Å². The largest absolute Gasteiger partial charge is 0.333 e. The number of fused-ring (bicyclic) bond motifs is 8. The molecule has 3 aromatic heterocycles. The van der Waals surface area contributed by atoms with Gasteiger partial charge in [0.2, 0.25) is 0 Å². The molecule has 0 amide bonds. The summed E-state index contributed by atoms with van der Waals surface area (Å²) in [5.41, 5.74) is 9.33. The summed E-state index contributed by atoms with van der Waals surface area (Å²) in [5, 5.41) is 6.32. The quantitative estimate of drug-likeness (QED) is 0.214. The highest BCUT2D eigenvalue weighted by atomic mass is 15.0. The Kier molecular flexibility index (Phi) is 4.73. The van der Waals surface area contributed by atoms with E-state index < -0.39 is 0 Å². The van der Waals surface area contributed by atoms with Gasteiger partial charge >= 0.3 is 0 Å². The zero-order valence-electron chi connectivity index (χ0n) is 23.6. The third-order valence-corrected chi connectivity index (χ3v) is 9.43. The maximum Gasteiger partial charge on any atom is 0.0711 e. The molecule has 42 heavy (non-hydrogen) atoms. The molecule has 0 fully saturated rings. The molecule has 3 nitrogen and oxygen atoms in total. The lowest BCUT2D eigenvalue weighted by Crippen LogP contribution is -2.33. The van der Waals surface area contributed by atoms with Crippen molar-refractivity contribution in [1.82, 2.24) is 14.1 Å². The third kappa shape index (κ3) is 3.14. The van der Waals surface area contributed by atoms with E-state index >= 15 is 0 Å². The number of nitrogens with zero attached hydrogens (tertiary/aromatic N) is 3. The fourth-order valence-corrected chi connectivity index (χ4v) is 7.41. The molecule has 5 aromatic carbocycles. The third-order valence-electron chi connectivity index (χ3n) is 9.43. The Balaban J connectivity index is 1.24.